The second-order valence-electron chi connectivity index (χ2n) is 4.65. The molecule has 0 aliphatic heterocycles. The van der Waals surface area contributed by atoms with Gasteiger partial charge in [-0.15, -0.1) is 11.3 Å². The minimum absolute atomic E-state index is 0.359. The lowest BCUT2D eigenvalue weighted by atomic mass is 10.00. The van der Waals surface area contributed by atoms with Crippen molar-refractivity contribution < 1.29 is 0 Å². The number of thiazole rings is 1. The number of aryl methyl sites for hydroxylation is 3. The van der Waals surface area contributed by atoms with Crippen LogP contribution in [0.1, 0.15) is 32.7 Å². The van der Waals surface area contributed by atoms with Gasteiger partial charge in [0.05, 0.1) is 10.7 Å². The minimum Gasteiger partial charge on any atom is -0.312 e. The standard InChI is InChI=1S/C15H20N2S/c1-10-7-5-6-8-13(10)9-14(16-4)15-11(2)17-12(3)18-15/h5-8,14,16H,9H2,1-4H3. The van der Waals surface area contributed by atoms with Gasteiger partial charge in [0.1, 0.15) is 0 Å². The van der Waals surface area contributed by atoms with Crippen LogP contribution in [-0.2, 0) is 6.42 Å². The predicted molar refractivity (Wildman–Crippen MR) is 78.3 cm³/mol. The molecule has 0 aliphatic carbocycles. The van der Waals surface area contributed by atoms with Crippen LogP contribution in [0, 0.1) is 20.8 Å². The van der Waals surface area contributed by atoms with Crippen molar-refractivity contribution in [2.45, 2.75) is 33.2 Å². The van der Waals surface area contributed by atoms with Crippen molar-refractivity contribution in [3.05, 3.63) is 51.0 Å². The second kappa shape index (κ2) is 5.63. The van der Waals surface area contributed by atoms with E-state index in [1.165, 1.54) is 16.0 Å². The highest BCUT2D eigenvalue weighted by molar-refractivity contribution is 7.11. The monoisotopic (exact) mass is 260 g/mol. The fraction of sp³-hybridized carbons (Fsp3) is 0.400. The van der Waals surface area contributed by atoms with E-state index in [1.807, 2.05) is 7.05 Å². The minimum atomic E-state index is 0.359. The lowest BCUT2D eigenvalue weighted by molar-refractivity contribution is 0.596. The maximum Gasteiger partial charge on any atom is 0.0900 e. The summed E-state index contributed by atoms with van der Waals surface area (Å²) in [5, 5.41) is 4.56. The molecule has 0 saturated heterocycles. The third kappa shape index (κ3) is 2.79. The molecule has 1 atom stereocenters. The van der Waals surface area contributed by atoms with Crippen molar-refractivity contribution in [2.75, 3.05) is 7.05 Å². The number of nitrogens with one attached hydrogen (secondary N) is 1. The summed E-state index contributed by atoms with van der Waals surface area (Å²) in [6.07, 6.45) is 1.02. The number of likely N-dealkylation sites (N-methyl/N-ethyl adjacent to an activating group) is 1. The summed E-state index contributed by atoms with van der Waals surface area (Å²) in [5.41, 5.74) is 3.92. The van der Waals surface area contributed by atoms with Crippen LogP contribution >= 0.6 is 11.3 Å². The van der Waals surface area contributed by atoms with Crippen LogP contribution in [0.4, 0.5) is 0 Å². The van der Waals surface area contributed by atoms with Crippen LogP contribution in [0.15, 0.2) is 24.3 Å². The fourth-order valence-electron chi connectivity index (χ4n) is 2.26. The van der Waals surface area contributed by atoms with E-state index in [2.05, 4.69) is 55.3 Å². The van der Waals surface area contributed by atoms with E-state index in [0.29, 0.717) is 6.04 Å². The van der Waals surface area contributed by atoms with Gasteiger partial charge in [0, 0.05) is 10.9 Å². The van der Waals surface area contributed by atoms with Crippen LogP contribution < -0.4 is 5.32 Å². The third-order valence-electron chi connectivity index (χ3n) is 3.29. The molecule has 1 unspecified atom stereocenters. The Morgan fingerprint density at radius 3 is 2.50 bits per heavy atom. The van der Waals surface area contributed by atoms with Gasteiger partial charge >= 0.3 is 0 Å². The van der Waals surface area contributed by atoms with Crippen LogP contribution in [0.5, 0.6) is 0 Å². The number of aromatic nitrogens is 1. The average Bonchev–Trinajstić information content (AvgIpc) is 2.67. The van der Waals surface area contributed by atoms with Crippen LogP contribution in [0.2, 0.25) is 0 Å². The molecule has 96 valence electrons. The first-order valence-corrected chi connectivity index (χ1v) is 7.09. The van der Waals surface area contributed by atoms with E-state index in [0.717, 1.165) is 17.1 Å². The van der Waals surface area contributed by atoms with Crippen LogP contribution in [-0.4, -0.2) is 12.0 Å². The van der Waals surface area contributed by atoms with Gasteiger partial charge in [-0.2, -0.15) is 0 Å². The molecule has 2 nitrogen and oxygen atoms in total. The lowest BCUT2D eigenvalue weighted by Gasteiger charge is -2.16. The van der Waals surface area contributed by atoms with Crippen molar-refractivity contribution in [3.63, 3.8) is 0 Å². The maximum atomic E-state index is 4.52. The molecule has 1 aromatic heterocycles. The van der Waals surface area contributed by atoms with Crippen molar-refractivity contribution in [2.24, 2.45) is 0 Å². The Kier molecular flexibility index (Phi) is 4.15. The second-order valence-corrected chi connectivity index (χ2v) is 5.89. The van der Waals surface area contributed by atoms with Gasteiger partial charge in [0.15, 0.2) is 0 Å². The summed E-state index contributed by atoms with van der Waals surface area (Å²) in [5.74, 6) is 0. The van der Waals surface area contributed by atoms with Crippen molar-refractivity contribution in [1.82, 2.24) is 10.3 Å². The summed E-state index contributed by atoms with van der Waals surface area (Å²) in [4.78, 5) is 5.88. The molecule has 2 aromatic rings. The van der Waals surface area contributed by atoms with E-state index in [1.54, 1.807) is 11.3 Å². The van der Waals surface area contributed by atoms with Crippen LogP contribution in [0.3, 0.4) is 0 Å². The van der Waals surface area contributed by atoms with E-state index < -0.39 is 0 Å². The van der Waals surface area contributed by atoms with Gasteiger partial charge in [0.25, 0.3) is 0 Å². The highest BCUT2D eigenvalue weighted by atomic mass is 32.1. The molecule has 3 heteroatoms. The highest BCUT2D eigenvalue weighted by Gasteiger charge is 2.16. The Bertz CT molecular complexity index is 531. The first-order chi connectivity index (χ1) is 8.61. The molecular formula is C15H20N2S. The Morgan fingerprint density at radius 2 is 1.94 bits per heavy atom. The number of rotatable bonds is 4. The molecule has 0 saturated carbocycles. The molecule has 0 aliphatic rings. The van der Waals surface area contributed by atoms with Gasteiger partial charge in [-0.1, -0.05) is 24.3 Å². The zero-order chi connectivity index (χ0) is 13.1. The molecule has 0 bridgehead atoms. The first-order valence-electron chi connectivity index (χ1n) is 6.27. The number of hydrogen-bond acceptors (Lipinski definition) is 3. The molecule has 0 radical (unpaired) electrons. The quantitative estimate of drug-likeness (QED) is 0.909. The van der Waals surface area contributed by atoms with Crippen molar-refractivity contribution >= 4 is 11.3 Å². The Morgan fingerprint density at radius 1 is 1.22 bits per heavy atom. The molecule has 1 heterocycles. The molecule has 2 rings (SSSR count). The topological polar surface area (TPSA) is 24.9 Å². The van der Waals surface area contributed by atoms with E-state index in [-0.39, 0.29) is 0 Å². The molecule has 18 heavy (non-hydrogen) atoms. The normalized spacial score (nSPS) is 12.7. The summed E-state index contributed by atoms with van der Waals surface area (Å²) in [6.45, 7) is 6.34. The molecule has 0 fully saturated rings. The van der Waals surface area contributed by atoms with Crippen molar-refractivity contribution in [3.8, 4) is 0 Å². The number of nitrogens with zero attached hydrogens (tertiary/aromatic N) is 1. The smallest absolute Gasteiger partial charge is 0.0900 e. The fourth-order valence-corrected chi connectivity index (χ4v) is 3.29. The maximum absolute atomic E-state index is 4.52. The summed E-state index contributed by atoms with van der Waals surface area (Å²) in [6, 6.07) is 8.95. The summed E-state index contributed by atoms with van der Waals surface area (Å²) >= 11 is 1.80. The molecule has 0 spiro atoms. The summed E-state index contributed by atoms with van der Waals surface area (Å²) in [7, 11) is 2.03. The van der Waals surface area contributed by atoms with E-state index in [9.17, 15) is 0 Å². The van der Waals surface area contributed by atoms with Gasteiger partial charge in [-0.3, -0.25) is 0 Å². The van der Waals surface area contributed by atoms with Gasteiger partial charge < -0.3 is 5.32 Å². The van der Waals surface area contributed by atoms with Gasteiger partial charge in [0.2, 0.25) is 0 Å². The Balaban J connectivity index is 2.25. The SMILES string of the molecule is CNC(Cc1ccccc1C)c1sc(C)nc1C. The number of hydrogen-bond donors (Lipinski definition) is 1. The van der Waals surface area contributed by atoms with Crippen molar-refractivity contribution in [1.29, 1.82) is 0 Å². The van der Waals surface area contributed by atoms with Gasteiger partial charge in [-0.25, -0.2) is 4.98 Å². The zero-order valence-electron chi connectivity index (χ0n) is 11.4. The lowest BCUT2D eigenvalue weighted by Crippen LogP contribution is -2.19. The largest absolute Gasteiger partial charge is 0.312 e. The Hall–Kier alpha value is -1.19. The zero-order valence-corrected chi connectivity index (χ0v) is 12.3. The number of benzene rings is 1. The highest BCUT2D eigenvalue weighted by Crippen LogP contribution is 2.27. The summed E-state index contributed by atoms with van der Waals surface area (Å²) < 4.78 is 0. The van der Waals surface area contributed by atoms with Crippen LogP contribution in [0.25, 0.3) is 0 Å². The Labute approximate surface area is 113 Å². The third-order valence-corrected chi connectivity index (χ3v) is 4.48. The molecule has 0 amide bonds. The first kappa shape index (κ1) is 13.2. The average molecular weight is 260 g/mol. The molecule has 1 N–H and O–H groups in total. The van der Waals surface area contributed by atoms with E-state index in [4.69, 9.17) is 0 Å². The van der Waals surface area contributed by atoms with E-state index >= 15 is 0 Å². The molecule has 1 aromatic carbocycles. The predicted octanol–water partition coefficient (Wildman–Crippen LogP) is 3.57. The van der Waals surface area contributed by atoms with Gasteiger partial charge in [-0.05, 0) is 45.4 Å². The molecular weight excluding hydrogens is 240 g/mol.